The summed E-state index contributed by atoms with van der Waals surface area (Å²) in [4.78, 5) is 0.396. The highest BCUT2D eigenvalue weighted by Crippen LogP contribution is 2.46. The molecule has 0 radical (unpaired) electrons. The summed E-state index contributed by atoms with van der Waals surface area (Å²) in [5.41, 5.74) is 0.819. The van der Waals surface area contributed by atoms with Gasteiger partial charge in [0.05, 0.1) is 16.2 Å². The van der Waals surface area contributed by atoms with E-state index in [2.05, 4.69) is 12.2 Å². The molecule has 0 aliphatic carbocycles. The summed E-state index contributed by atoms with van der Waals surface area (Å²) in [7, 11) is -3.31. The summed E-state index contributed by atoms with van der Waals surface area (Å²) in [6, 6.07) is 3.31. The molecule has 0 saturated heterocycles. The second kappa shape index (κ2) is 5.50. The third kappa shape index (κ3) is 2.30. The van der Waals surface area contributed by atoms with E-state index in [-0.39, 0.29) is 6.04 Å². The van der Waals surface area contributed by atoms with Crippen molar-refractivity contribution >= 4 is 9.84 Å². The smallest absolute Gasteiger partial charge is 0.183 e. The van der Waals surface area contributed by atoms with Gasteiger partial charge in [-0.1, -0.05) is 13.8 Å². The first-order chi connectivity index (χ1) is 10.1. The fraction of sp³-hybridized carbons (Fsp3) is 0.600. The maximum atomic E-state index is 12.7. The van der Waals surface area contributed by atoms with Gasteiger partial charge in [-0.05, 0) is 31.0 Å². The topological polar surface area (TPSA) is 64.6 Å². The molecule has 116 valence electrons. The van der Waals surface area contributed by atoms with E-state index < -0.39 is 15.1 Å². The van der Waals surface area contributed by atoms with Crippen LogP contribution >= 0.6 is 0 Å². The van der Waals surface area contributed by atoms with E-state index in [9.17, 15) is 8.42 Å². The SMILES string of the molecule is CCCNC1c2cc3c(cc2S(=O)(=O)C1CC)OCCO3. The maximum Gasteiger partial charge on any atom is 0.183 e. The number of rotatable bonds is 4. The number of sulfone groups is 1. The number of nitrogens with one attached hydrogen (secondary N) is 1. The molecule has 2 atom stereocenters. The summed E-state index contributed by atoms with van der Waals surface area (Å²) in [6.07, 6.45) is 1.55. The van der Waals surface area contributed by atoms with Gasteiger partial charge in [-0.15, -0.1) is 0 Å². The van der Waals surface area contributed by atoms with E-state index in [4.69, 9.17) is 9.47 Å². The molecule has 0 bridgehead atoms. The minimum atomic E-state index is -3.31. The molecule has 2 aliphatic heterocycles. The van der Waals surface area contributed by atoms with E-state index in [1.54, 1.807) is 6.07 Å². The van der Waals surface area contributed by atoms with Crippen LogP contribution in [0, 0.1) is 0 Å². The summed E-state index contributed by atoms with van der Waals surface area (Å²) in [5.74, 6) is 1.19. The summed E-state index contributed by atoms with van der Waals surface area (Å²) in [5, 5.41) is 2.96. The van der Waals surface area contributed by atoms with Crippen LogP contribution in [0.5, 0.6) is 11.5 Å². The van der Waals surface area contributed by atoms with E-state index in [0.29, 0.717) is 36.0 Å². The first-order valence-corrected chi connectivity index (χ1v) is 9.05. The fourth-order valence-electron chi connectivity index (χ4n) is 3.11. The van der Waals surface area contributed by atoms with Crippen LogP contribution in [-0.2, 0) is 9.84 Å². The molecule has 0 spiro atoms. The molecule has 1 aromatic carbocycles. The molecule has 2 heterocycles. The minimum absolute atomic E-state index is 0.161. The molecule has 6 heteroatoms. The van der Waals surface area contributed by atoms with Crippen LogP contribution in [-0.4, -0.2) is 33.4 Å². The Morgan fingerprint density at radius 2 is 1.86 bits per heavy atom. The highest BCUT2D eigenvalue weighted by Gasteiger charge is 2.44. The van der Waals surface area contributed by atoms with Crippen LogP contribution in [0.3, 0.4) is 0 Å². The van der Waals surface area contributed by atoms with Gasteiger partial charge in [-0.3, -0.25) is 0 Å². The van der Waals surface area contributed by atoms with Gasteiger partial charge >= 0.3 is 0 Å². The second-order valence-corrected chi connectivity index (χ2v) is 7.59. The molecule has 0 amide bonds. The van der Waals surface area contributed by atoms with Crippen molar-refractivity contribution < 1.29 is 17.9 Å². The average molecular weight is 311 g/mol. The monoisotopic (exact) mass is 311 g/mol. The van der Waals surface area contributed by atoms with Gasteiger partial charge in [-0.2, -0.15) is 0 Å². The van der Waals surface area contributed by atoms with Crippen molar-refractivity contribution in [1.29, 1.82) is 0 Å². The Morgan fingerprint density at radius 1 is 1.19 bits per heavy atom. The van der Waals surface area contributed by atoms with Crippen LogP contribution in [0.4, 0.5) is 0 Å². The lowest BCUT2D eigenvalue weighted by Gasteiger charge is -2.21. The van der Waals surface area contributed by atoms with Crippen LogP contribution in [0.25, 0.3) is 0 Å². The number of benzene rings is 1. The summed E-state index contributed by atoms with van der Waals surface area (Å²) >= 11 is 0. The van der Waals surface area contributed by atoms with Crippen molar-refractivity contribution in [2.24, 2.45) is 0 Å². The Morgan fingerprint density at radius 3 is 2.48 bits per heavy atom. The number of hydrogen-bond donors (Lipinski definition) is 1. The highest BCUT2D eigenvalue weighted by molar-refractivity contribution is 7.92. The fourth-order valence-corrected chi connectivity index (χ4v) is 5.27. The average Bonchev–Trinajstić information content (AvgIpc) is 2.69. The normalized spacial score (nSPS) is 25.6. The zero-order valence-electron chi connectivity index (χ0n) is 12.4. The van der Waals surface area contributed by atoms with Crippen molar-refractivity contribution in [3.8, 4) is 11.5 Å². The van der Waals surface area contributed by atoms with Crippen molar-refractivity contribution in [1.82, 2.24) is 5.32 Å². The zero-order valence-corrected chi connectivity index (χ0v) is 13.2. The molecular weight excluding hydrogens is 290 g/mol. The van der Waals surface area contributed by atoms with Gasteiger partial charge < -0.3 is 14.8 Å². The first-order valence-electron chi connectivity index (χ1n) is 7.50. The van der Waals surface area contributed by atoms with E-state index in [1.807, 2.05) is 13.0 Å². The van der Waals surface area contributed by atoms with E-state index in [0.717, 1.165) is 18.5 Å². The van der Waals surface area contributed by atoms with E-state index >= 15 is 0 Å². The Bertz CT molecular complexity index is 641. The zero-order chi connectivity index (χ0) is 15.0. The second-order valence-electron chi connectivity index (χ2n) is 5.46. The third-order valence-corrected chi connectivity index (χ3v) is 6.47. The Balaban J connectivity index is 2.10. The predicted molar refractivity (Wildman–Crippen MR) is 79.7 cm³/mol. The predicted octanol–water partition coefficient (Wildman–Crippen LogP) is 2.06. The van der Waals surface area contributed by atoms with E-state index in [1.165, 1.54) is 0 Å². The van der Waals surface area contributed by atoms with Crippen molar-refractivity contribution in [2.75, 3.05) is 19.8 Å². The maximum absolute atomic E-state index is 12.7. The van der Waals surface area contributed by atoms with Gasteiger partial charge in [0.15, 0.2) is 21.3 Å². The summed E-state index contributed by atoms with van der Waals surface area (Å²) < 4.78 is 36.6. The Kier molecular flexibility index (Phi) is 3.84. The molecule has 2 aliphatic rings. The third-order valence-electron chi connectivity index (χ3n) is 4.10. The molecule has 2 unspecified atom stereocenters. The van der Waals surface area contributed by atoms with Crippen LogP contribution in [0.1, 0.15) is 38.3 Å². The molecule has 1 N–H and O–H groups in total. The number of fused-ring (bicyclic) bond motifs is 2. The molecule has 1 aromatic rings. The van der Waals surface area contributed by atoms with Crippen LogP contribution in [0.15, 0.2) is 17.0 Å². The summed E-state index contributed by atoms with van der Waals surface area (Å²) in [6.45, 7) is 5.75. The number of ether oxygens (including phenoxy) is 2. The lowest BCUT2D eigenvalue weighted by atomic mass is 10.0. The standard InChI is InChI=1S/C15H21NO4S/c1-3-5-16-15-10-8-11-12(20-7-6-19-11)9-14(10)21(17,18)13(15)4-2/h8-9,13,15-16H,3-7H2,1-2H3. The van der Waals surface area contributed by atoms with Crippen LogP contribution < -0.4 is 14.8 Å². The molecular formula is C15H21NO4S. The van der Waals surface area contributed by atoms with Crippen molar-refractivity contribution in [3.05, 3.63) is 17.7 Å². The van der Waals surface area contributed by atoms with Gasteiger partial charge in [0.1, 0.15) is 13.2 Å². The molecule has 0 aromatic heterocycles. The largest absolute Gasteiger partial charge is 0.486 e. The molecule has 0 saturated carbocycles. The van der Waals surface area contributed by atoms with Crippen molar-refractivity contribution in [3.63, 3.8) is 0 Å². The first kappa shape index (κ1) is 14.7. The van der Waals surface area contributed by atoms with Gasteiger partial charge in [0, 0.05) is 6.07 Å². The molecule has 0 fully saturated rings. The Hall–Kier alpha value is -1.27. The van der Waals surface area contributed by atoms with Crippen molar-refractivity contribution in [2.45, 2.75) is 42.9 Å². The number of hydrogen-bond acceptors (Lipinski definition) is 5. The molecule has 21 heavy (non-hydrogen) atoms. The Labute approximate surface area is 125 Å². The lowest BCUT2D eigenvalue weighted by molar-refractivity contribution is 0.170. The highest BCUT2D eigenvalue weighted by atomic mass is 32.2. The van der Waals surface area contributed by atoms with Gasteiger partial charge in [0.25, 0.3) is 0 Å². The molecule has 5 nitrogen and oxygen atoms in total. The minimum Gasteiger partial charge on any atom is -0.486 e. The van der Waals surface area contributed by atoms with Gasteiger partial charge in [-0.25, -0.2) is 8.42 Å². The van der Waals surface area contributed by atoms with Gasteiger partial charge in [0.2, 0.25) is 0 Å². The lowest BCUT2D eigenvalue weighted by Crippen LogP contribution is -2.31. The molecule has 3 rings (SSSR count). The quantitative estimate of drug-likeness (QED) is 0.922. The van der Waals surface area contributed by atoms with Crippen LogP contribution in [0.2, 0.25) is 0 Å².